The van der Waals surface area contributed by atoms with Crippen LogP contribution >= 0.6 is 0 Å². The first-order chi connectivity index (χ1) is 9.23. The molecular formula is C16H26O4. The van der Waals surface area contributed by atoms with Crippen LogP contribution in [-0.4, -0.2) is 41.4 Å². The predicted molar refractivity (Wildman–Crippen MR) is 75.0 cm³/mol. The van der Waals surface area contributed by atoms with E-state index in [0.29, 0.717) is 0 Å². The molecule has 0 bridgehead atoms. The van der Waals surface area contributed by atoms with Gasteiger partial charge in [-0.1, -0.05) is 39.3 Å². The monoisotopic (exact) mass is 282 g/mol. The van der Waals surface area contributed by atoms with Crippen LogP contribution in [0, 0.1) is 16.7 Å². The molecule has 20 heavy (non-hydrogen) atoms. The number of aliphatic hydroxyl groups excluding tert-OH is 1. The smallest absolute Gasteiger partial charge is 0.187 e. The summed E-state index contributed by atoms with van der Waals surface area (Å²) < 4.78 is 11.0. The van der Waals surface area contributed by atoms with Gasteiger partial charge in [0.25, 0.3) is 0 Å². The minimum Gasteiger partial charge on any atom is -0.380 e. The van der Waals surface area contributed by atoms with Gasteiger partial charge in [-0.05, 0) is 24.2 Å². The van der Waals surface area contributed by atoms with E-state index < -0.39 is 22.9 Å². The summed E-state index contributed by atoms with van der Waals surface area (Å²) in [5.41, 5.74) is -2.69. The SMILES string of the molecule is CO[C@]12C=C[C@H]3C(C)(C)CCC[C@]3(C)[C@@]1(O)[C@H](O)OC2. The van der Waals surface area contributed by atoms with Crippen molar-refractivity contribution in [1.29, 1.82) is 0 Å². The Bertz CT molecular complexity index is 446. The summed E-state index contributed by atoms with van der Waals surface area (Å²) in [4.78, 5) is 0. The van der Waals surface area contributed by atoms with Gasteiger partial charge in [0.15, 0.2) is 11.9 Å². The summed E-state index contributed by atoms with van der Waals surface area (Å²) in [5, 5.41) is 21.8. The lowest BCUT2D eigenvalue weighted by Crippen LogP contribution is -2.71. The van der Waals surface area contributed by atoms with E-state index in [1.807, 2.05) is 6.08 Å². The van der Waals surface area contributed by atoms with Gasteiger partial charge in [-0.15, -0.1) is 0 Å². The van der Waals surface area contributed by atoms with Gasteiger partial charge in [0.1, 0.15) is 5.60 Å². The molecule has 1 heterocycles. The topological polar surface area (TPSA) is 58.9 Å². The summed E-state index contributed by atoms with van der Waals surface area (Å²) in [7, 11) is 1.58. The third-order valence-electron chi connectivity index (χ3n) is 6.30. The van der Waals surface area contributed by atoms with Crippen LogP contribution in [0.25, 0.3) is 0 Å². The van der Waals surface area contributed by atoms with Crippen molar-refractivity contribution in [2.24, 2.45) is 16.7 Å². The maximum atomic E-state index is 11.5. The Hall–Kier alpha value is -0.420. The third kappa shape index (κ3) is 1.41. The van der Waals surface area contributed by atoms with Gasteiger partial charge < -0.3 is 19.7 Å². The number of ether oxygens (including phenoxy) is 2. The fourth-order valence-electron chi connectivity index (χ4n) is 5.10. The average molecular weight is 282 g/mol. The molecule has 1 saturated heterocycles. The van der Waals surface area contributed by atoms with E-state index in [2.05, 4.69) is 26.8 Å². The van der Waals surface area contributed by atoms with Gasteiger partial charge in [0.2, 0.25) is 0 Å². The van der Waals surface area contributed by atoms with Crippen LogP contribution in [0.15, 0.2) is 12.2 Å². The molecule has 114 valence electrons. The van der Waals surface area contributed by atoms with Gasteiger partial charge in [0, 0.05) is 12.5 Å². The molecule has 4 heteroatoms. The Labute approximate surface area is 120 Å². The maximum absolute atomic E-state index is 11.5. The van der Waals surface area contributed by atoms with Crippen LogP contribution in [-0.2, 0) is 9.47 Å². The molecule has 0 aromatic carbocycles. The second kappa shape index (κ2) is 4.07. The van der Waals surface area contributed by atoms with Crippen LogP contribution in [0.4, 0.5) is 0 Å². The highest BCUT2D eigenvalue weighted by Gasteiger charge is 2.73. The molecule has 2 fully saturated rings. The summed E-state index contributed by atoms with van der Waals surface area (Å²) in [6.07, 6.45) is 5.94. The molecule has 5 atom stereocenters. The minimum atomic E-state index is -1.40. The van der Waals surface area contributed by atoms with Crippen LogP contribution in [0.5, 0.6) is 0 Å². The largest absolute Gasteiger partial charge is 0.380 e. The first-order valence-electron chi connectivity index (χ1n) is 7.50. The van der Waals surface area contributed by atoms with Crippen molar-refractivity contribution in [3.8, 4) is 0 Å². The van der Waals surface area contributed by atoms with Crippen molar-refractivity contribution in [1.82, 2.24) is 0 Å². The molecule has 0 aromatic heterocycles. The van der Waals surface area contributed by atoms with Crippen LogP contribution in [0.2, 0.25) is 0 Å². The first kappa shape index (κ1) is 14.5. The Morgan fingerprint density at radius 3 is 2.60 bits per heavy atom. The van der Waals surface area contributed by atoms with Crippen LogP contribution < -0.4 is 0 Å². The Kier molecular flexibility index (Phi) is 2.95. The lowest BCUT2D eigenvalue weighted by molar-refractivity contribution is -0.272. The van der Waals surface area contributed by atoms with Crippen molar-refractivity contribution >= 4 is 0 Å². The van der Waals surface area contributed by atoms with Gasteiger partial charge in [-0.3, -0.25) is 0 Å². The molecule has 0 amide bonds. The molecule has 3 rings (SSSR count). The number of fused-ring (bicyclic) bond motifs is 3. The lowest BCUT2D eigenvalue weighted by Gasteiger charge is -2.61. The molecule has 0 unspecified atom stereocenters. The van der Waals surface area contributed by atoms with Gasteiger partial charge >= 0.3 is 0 Å². The Balaban J connectivity index is 2.19. The summed E-state index contributed by atoms with van der Waals surface area (Å²) in [6.45, 7) is 6.75. The molecule has 3 aliphatic rings. The van der Waals surface area contributed by atoms with Crippen molar-refractivity contribution in [2.45, 2.75) is 57.5 Å². The number of hydrogen-bond donors (Lipinski definition) is 2. The first-order valence-corrected chi connectivity index (χ1v) is 7.50. The molecule has 0 radical (unpaired) electrons. The zero-order chi connectivity index (χ0) is 14.8. The number of methoxy groups -OCH3 is 1. The molecule has 1 saturated carbocycles. The third-order valence-corrected chi connectivity index (χ3v) is 6.30. The Morgan fingerprint density at radius 1 is 1.25 bits per heavy atom. The van der Waals surface area contributed by atoms with Crippen LogP contribution in [0.1, 0.15) is 40.0 Å². The van der Waals surface area contributed by atoms with Gasteiger partial charge in [-0.25, -0.2) is 0 Å². The van der Waals surface area contributed by atoms with Crippen molar-refractivity contribution in [2.75, 3.05) is 13.7 Å². The number of hydrogen-bond acceptors (Lipinski definition) is 4. The summed E-state index contributed by atoms with van der Waals surface area (Å²) >= 11 is 0. The molecule has 2 aliphatic carbocycles. The molecule has 0 aromatic rings. The zero-order valence-electron chi connectivity index (χ0n) is 12.8. The van der Waals surface area contributed by atoms with Gasteiger partial charge in [0.05, 0.1) is 6.61 Å². The predicted octanol–water partition coefficient (Wildman–Crippen LogP) is 1.85. The second-order valence-corrected chi connectivity index (χ2v) is 7.62. The quantitative estimate of drug-likeness (QED) is 0.721. The van der Waals surface area contributed by atoms with Gasteiger partial charge in [-0.2, -0.15) is 0 Å². The highest BCUT2D eigenvalue weighted by Crippen LogP contribution is 2.64. The summed E-state index contributed by atoms with van der Waals surface area (Å²) in [6, 6.07) is 0. The number of aliphatic hydroxyl groups is 2. The van der Waals surface area contributed by atoms with E-state index in [0.717, 1.165) is 19.3 Å². The highest BCUT2D eigenvalue weighted by molar-refractivity contribution is 5.31. The van der Waals surface area contributed by atoms with E-state index >= 15 is 0 Å². The summed E-state index contributed by atoms with van der Waals surface area (Å²) in [5.74, 6) is 0.202. The molecule has 4 nitrogen and oxygen atoms in total. The zero-order valence-corrected chi connectivity index (χ0v) is 12.8. The molecule has 1 aliphatic heterocycles. The van der Waals surface area contributed by atoms with E-state index in [-0.39, 0.29) is 17.9 Å². The van der Waals surface area contributed by atoms with E-state index in [1.54, 1.807) is 7.11 Å². The molecule has 2 N–H and O–H groups in total. The standard InChI is InChI=1S/C16H26O4/c1-13(2)7-5-8-14(3)11(13)6-9-15(19-4)10-20-12(17)16(14,15)18/h6,9,11-12,17-18H,5,7-8,10H2,1-4H3/t11-,12+,14-,15-,16-/m0/s1. The second-order valence-electron chi connectivity index (χ2n) is 7.62. The Morgan fingerprint density at radius 2 is 1.95 bits per heavy atom. The maximum Gasteiger partial charge on any atom is 0.187 e. The number of rotatable bonds is 1. The van der Waals surface area contributed by atoms with Crippen molar-refractivity contribution in [3.05, 3.63) is 12.2 Å². The fraction of sp³-hybridized carbons (Fsp3) is 0.875. The molecular weight excluding hydrogens is 256 g/mol. The van der Waals surface area contributed by atoms with Crippen LogP contribution in [0.3, 0.4) is 0 Å². The normalized spacial score (nSPS) is 53.5. The van der Waals surface area contributed by atoms with Crippen molar-refractivity contribution < 1.29 is 19.7 Å². The minimum absolute atomic E-state index is 0.0987. The average Bonchev–Trinajstić information content (AvgIpc) is 2.64. The van der Waals surface area contributed by atoms with E-state index in [4.69, 9.17) is 9.47 Å². The highest BCUT2D eigenvalue weighted by atomic mass is 16.7. The van der Waals surface area contributed by atoms with Crippen molar-refractivity contribution in [3.63, 3.8) is 0 Å². The number of allylic oxidation sites excluding steroid dienone is 1. The van der Waals surface area contributed by atoms with E-state index in [9.17, 15) is 10.2 Å². The fourth-order valence-corrected chi connectivity index (χ4v) is 5.10. The van der Waals surface area contributed by atoms with E-state index in [1.165, 1.54) is 0 Å². The molecule has 0 spiro atoms. The lowest BCUT2D eigenvalue weighted by atomic mass is 9.46.